The molecular formula is C18H17Cl2N3O. The Morgan fingerprint density at radius 3 is 2.62 bits per heavy atom. The lowest BCUT2D eigenvalue weighted by Crippen LogP contribution is -2.25. The first-order valence-electron chi connectivity index (χ1n) is 7.71. The molecule has 0 unspecified atom stereocenters. The average Bonchev–Trinajstić information content (AvgIpc) is 2.86. The van der Waals surface area contributed by atoms with Gasteiger partial charge in [0, 0.05) is 28.7 Å². The van der Waals surface area contributed by atoms with Crippen LogP contribution in [0.5, 0.6) is 0 Å². The predicted octanol–water partition coefficient (Wildman–Crippen LogP) is 4.47. The van der Waals surface area contributed by atoms with E-state index in [1.165, 1.54) is 0 Å². The topological polar surface area (TPSA) is 46.9 Å². The average molecular weight is 362 g/mol. The van der Waals surface area contributed by atoms with Gasteiger partial charge >= 0.3 is 0 Å². The molecule has 3 rings (SSSR count). The van der Waals surface area contributed by atoms with Crippen LogP contribution in [0.4, 0.5) is 0 Å². The number of nitrogens with one attached hydrogen (secondary N) is 1. The molecule has 0 radical (unpaired) electrons. The number of fused-ring (bicyclic) bond motifs is 1. The first-order chi connectivity index (χ1) is 11.5. The van der Waals surface area contributed by atoms with Crippen molar-refractivity contribution >= 4 is 40.1 Å². The number of benzene rings is 2. The summed E-state index contributed by atoms with van der Waals surface area (Å²) in [7, 11) is 0. The number of carbonyl (C=O) groups excluding carboxylic acids is 1. The molecule has 0 aliphatic rings. The van der Waals surface area contributed by atoms with E-state index in [2.05, 4.69) is 20.9 Å². The van der Waals surface area contributed by atoms with E-state index in [1.54, 1.807) is 18.2 Å². The highest BCUT2D eigenvalue weighted by molar-refractivity contribution is 6.35. The van der Waals surface area contributed by atoms with Gasteiger partial charge in [-0.1, -0.05) is 35.3 Å². The van der Waals surface area contributed by atoms with Gasteiger partial charge in [0.05, 0.1) is 11.0 Å². The van der Waals surface area contributed by atoms with E-state index < -0.39 is 0 Å². The molecular weight excluding hydrogens is 345 g/mol. The number of amides is 1. The van der Waals surface area contributed by atoms with Gasteiger partial charge in [-0.15, -0.1) is 0 Å². The van der Waals surface area contributed by atoms with Gasteiger partial charge in [-0.2, -0.15) is 0 Å². The standard InChI is InChI=1S/C18H17Cl2N3O/c1-12-22-16-5-2-3-6-17(16)23(12)8-4-7-21-18(24)13-9-14(19)11-15(20)10-13/h2-3,5-6,9-11H,4,7-8H2,1H3,(H,21,24). The summed E-state index contributed by atoms with van der Waals surface area (Å²) in [4.78, 5) is 16.7. The maximum absolute atomic E-state index is 12.1. The first kappa shape index (κ1) is 16.8. The molecule has 0 saturated heterocycles. The van der Waals surface area contributed by atoms with Crippen molar-refractivity contribution in [3.8, 4) is 0 Å². The van der Waals surface area contributed by atoms with E-state index >= 15 is 0 Å². The number of aryl methyl sites for hydroxylation is 2. The number of aromatic nitrogens is 2. The molecule has 1 amide bonds. The van der Waals surface area contributed by atoms with Gasteiger partial charge < -0.3 is 9.88 Å². The quantitative estimate of drug-likeness (QED) is 0.681. The van der Waals surface area contributed by atoms with E-state index in [-0.39, 0.29) is 5.91 Å². The third kappa shape index (κ3) is 3.71. The lowest BCUT2D eigenvalue weighted by molar-refractivity contribution is 0.0953. The van der Waals surface area contributed by atoms with E-state index in [0.29, 0.717) is 22.2 Å². The molecule has 4 nitrogen and oxygen atoms in total. The maximum atomic E-state index is 12.1. The summed E-state index contributed by atoms with van der Waals surface area (Å²) in [6.45, 7) is 3.35. The van der Waals surface area contributed by atoms with Crippen molar-refractivity contribution in [2.75, 3.05) is 6.54 Å². The molecule has 3 aromatic rings. The van der Waals surface area contributed by atoms with Crippen molar-refractivity contribution in [3.05, 3.63) is 63.9 Å². The van der Waals surface area contributed by atoms with Crippen LogP contribution >= 0.6 is 23.2 Å². The van der Waals surface area contributed by atoms with Gasteiger partial charge in [0.15, 0.2) is 0 Å². The molecule has 0 spiro atoms. The van der Waals surface area contributed by atoms with Crippen LogP contribution in [-0.4, -0.2) is 22.0 Å². The number of nitrogens with zero attached hydrogens (tertiary/aromatic N) is 2. The minimum atomic E-state index is -0.174. The van der Waals surface area contributed by atoms with Gasteiger partial charge in [-0.3, -0.25) is 4.79 Å². The van der Waals surface area contributed by atoms with Gasteiger partial charge in [-0.05, 0) is 43.7 Å². The Morgan fingerprint density at radius 1 is 1.17 bits per heavy atom. The van der Waals surface area contributed by atoms with Crippen molar-refractivity contribution in [2.45, 2.75) is 19.9 Å². The fourth-order valence-corrected chi connectivity index (χ4v) is 3.23. The highest BCUT2D eigenvalue weighted by Gasteiger charge is 2.09. The van der Waals surface area contributed by atoms with E-state index in [1.807, 2.05) is 25.1 Å². The molecule has 0 aliphatic heterocycles. The zero-order chi connectivity index (χ0) is 17.1. The second-order valence-electron chi connectivity index (χ2n) is 5.57. The van der Waals surface area contributed by atoms with E-state index in [9.17, 15) is 4.79 Å². The van der Waals surface area contributed by atoms with Crippen LogP contribution in [0.2, 0.25) is 10.0 Å². The number of hydrogen-bond donors (Lipinski definition) is 1. The van der Waals surface area contributed by atoms with Crippen LogP contribution < -0.4 is 5.32 Å². The third-order valence-corrected chi connectivity index (χ3v) is 4.25. The second-order valence-corrected chi connectivity index (χ2v) is 6.44. The van der Waals surface area contributed by atoms with Crippen LogP contribution in [0.3, 0.4) is 0 Å². The van der Waals surface area contributed by atoms with Gasteiger partial charge in [0.25, 0.3) is 5.91 Å². The highest BCUT2D eigenvalue weighted by Crippen LogP contribution is 2.19. The number of halogens is 2. The third-order valence-electron chi connectivity index (χ3n) is 3.81. The summed E-state index contributed by atoms with van der Waals surface area (Å²) >= 11 is 11.8. The molecule has 1 N–H and O–H groups in total. The normalized spacial score (nSPS) is 11.0. The fourth-order valence-electron chi connectivity index (χ4n) is 2.70. The van der Waals surface area contributed by atoms with Gasteiger partial charge in [-0.25, -0.2) is 4.98 Å². The van der Waals surface area contributed by atoms with Crippen molar-refractivity contribution in [3.63, 3.8) is 0 Å². The highest BCUT2D eigenvalue weighted by atomic mass is 35.5. The summed E-state index contributed by atoms with van der Waals surface area (Å²) in [5.41, 5.74) is 2.58. The summed E-state index contributed by atoms with van der Waals surface area (Å²) < 4.78 is 2.16. The minimum absolute atomic E-state index is 0.174. The molecule has 1 aromatic heterocycles. The maximum Gasteiger partial charge on any atom is 0.251 e. The van der Waals surface area contributed by atoms with E-state index in [4.69, 9.17) is 23.2 Å². The largest absolute Gasteiger partial charge is 0.352 e. The van der Waals surface area contributed by atoms with Crippen LogP contribution in [-0.2, 0) is 6.54 Å². The molecule has 0 fully saturated rings. The van der Waals surface area contributed by atoms with Crippen LogP contribution in [0.1, 0.15) is 22.6 Å². The van der Waals surface area contributed by atoms with Gasteiger partial charge in [0.1, 0.15) is 5.82 Å². The Labute approximate surface area is 150 Å². The smallest absolute Gasteiger partial charge is 0.251 e. The van der Waals surface area contributed by atoms with Gasteiger partial charge in [0.2, 0.25) is 0 Å². The van der Waals surface area contributed by atoms with Crippen molar-refractivity contribution in [1.29, 1.82) is 0 Å². The molecule has 0 atom stereocenters. The van der Waals surface area contributed by atoms with E-state index in [0.717, 1.165) is 29.8 Å². The Hall–Kier alpha value is -2.04. The van der Waals surface area contributed by atoms with Crippen LogP contribution in [0.15, 0.2) is 42.5 Å². The lowest BCUT2D eigenvalue weighted by Gasteiger charge is -2.09. The fraction of sp³-hybridized carbons (Fsp3) is 0.222. The zero-order valence-corrected chi connectivity index (χ0v) is 14.7. The molecule has 0 saturated carbocycles. The summed E-state index contributed by atoms with van der Waals surface area (Å²) in [5.74, 6) is 0.802. The van der Waals surface area contributed by atoms with Crippen molar-refractivity contribution < 1.29 is 4.79 Å². The Balaban J connectivity index is 1.58. The molecule has 124 valence electrons. The summed E-state index contributed by atoms with van der Waals surface area (Å²) in [5, 5.41) is 3.80. The number of carbonyl (C=O) groups is 1. The Morgan fingerprint density at radius 2 is 1.88 bits per heavy atom. The summed E-state index contributed by atoms with van der Waals surface area (Å²) in [6, 6.07) is 12.9. The molecule has 24 heavy (non-hydrogen) atoms. The predicted molar refractivity (Wildman–Crippen MR) is 97.9 cm³/mol. The van der Waals surface area contributed by atoms with Crippen LogP contribution in [0, 0.1) is 6.92 Å². The van der Waals surface area contributed by atoms with Crippen molar-refractivity contribution in [2.24, 2.45) is 0 Å². The van der Waals surface area contributed by atoms with Crippen LogP contribution in [0.25, 0.3) is 11.0 Å². The lowest BCUT2D eigenvalue weighted by atomic mass is 10.2. The summed E-state index contributed by atoms with van der Waals surface area (Å²) in [6.07, 6.45) is 0.807. The SMILES string of the molecule is Cc1nc2ccccc2n1CCCNC(=O)c1cc(Cl)cc(Cl)c1. The number of para-hydroxylation sites is 2. The molecule has 2 aromatic carbocycles. The Kier molecular flexibility index (Phi) is 5.07. The Bertz CT molecular complexity index is 869. The zero-order valence-electron chi connectivity index (χ0n) is 13.2. The first-order valence-corrected chi connectivity index (χ1v) is 8.46. The second kappa shape index (κ2) is 7.24. The number of hydrogen-bond acceptors (Lipinski definition) is 2. The number of rotatable bonds is 5. The molecule has 0 aliphatic carbocycles. The molecule has 6 heteroatoms. The molecule has 1 heterocycles. The van der Waals surface area contributed by atoms with Crippen molar-refractivity contribution in [1.82, 2.24) is 14.9 Å². The monoisotopic (exact) mass is 361 g/mol. The minimum Gasteiger partial charge on any atom is -0.352 e. The number of imidazole rings is 1. The molecule has 0 bridgehead atoms.